The SMILES string of the molecule is CC(C)(C)OC(=O)NCc1ccc(C(=O)Nc2ccc(Nc3ccnc(-c4cccc5c4oc4ccccc45)c3)cc2)c(F)c1. The molecule has 2 aromatic heterocycles. The number of para-hydroxylation sites is 2. The molecule has 4 aromatic carbocycles. The fourth-order valence-electron chi connectivity index (χ4n) is 4.95. The molecule has 0 saturated heterocycles. The summed E-state index contributed by atoms with van der Waals surface area (Å²) in [6, 6.07) is 29.1. The van der Waals surface area contributed by atoms with E-state index in [-0.39, 0.29) is 12.1 Å². The van der Waals surface area contributed by atoms with Crippen LogP contribution in [-0.4, -0.2) is 22.6 Å². The molecule has 0 spiro atoms. The Balaban J connectivity index is 1.10. The van der Waals surface area contributed by atoms with Crippen molar-refractivity contribution in [2.75, 3.05) is 10.6 Å². The topological polar surface area (TPSA) is 105 Å². The zero-order valence-corrected chi connectivity index (χ0v) is 25.0. The number of furan rings is 1. The molecule has 0 aliphatic heterocycles. The Kier molecular flexibility index (Phi) is 7.91. The molecule has 9 heteroatoms. The summed E-state index contributed by atoms with van der Waals surface area (Å²) in [4.78, 5) is 29.2. The van der Waals surface area contributed by atoms with Crippen LogP contribution in [0.1, 0.15) is 36.7 Å². The average Bonchev–Trinajstić information content (AvgIpc) is 3.39. The van der Waals surface area contributed by atoms with E-state index in [1.807, 2.05) is 66.7 Å². The second-order valence-electron chi connectivity index (χ2n) is 11.5. The van der Waals surface area contributed by atoms with Gasteiger partial charge in [0.2, 0.25) is 0 Å². The lowest BCUT2D eigenvalue weighted by molar-refractivity contribution is 0.0523. The van der Waals surface area contributed by atoms with Gasteiger partial charge in [-0.1, -0.05) is 36.4 Å². The van der Waals surface area contributed by atoms with Gasteiger partial charge in [-0.3, -0.25) is 9.78 Å². The molecule has 0 fully saturated rings. The number of carbonyl (C=O) groups excluding carboxylic acids is 2. The molecule has 45 heavy (non-hydrogen) atoms. The van der Waals surface area contributed by atoms with Gasteiger partial charge in [-0.25, -0.2) is 9.18 Å². The molecular weight excluding hydrogens is 571 g/mol. The maximum atomic E-state index is 14.8. The van der Waals surface area contributed by atoms with Crippen molar-refractivity contribution in [3.63, 3.8) is 0 Å². The summed E-state index contributed by atoms with van der Waals surface area (Å²) < 4.78 is 26.1. The van der Waals surface area contributed by atoms with Crippen LogP contribution in [0.3, 0.4) is 0 Å². The first-order chi connectivity index (χ1) is 21.6. The first-order valence-electron chi connectivity index (χ1n) is 14.4. The van der Waals surface area contributed by atoms with Crippen molar-refractivity contribution in [1.82, 2.24) is 10.3 Å². The quantitative estimate of drug-likeness (QED) is 0.169. The minimum atomic E-state index is -0.693. The summed E-state index contributed by atoms with van der Waals surface area (Å²) in [6.07, 6.45) is 1.13. The Morgan fingerprint density at radius 3 is 2.38 bits per heavy atom. The van der Waals surface area contributed by atoms with Gasteiger partial charge in [-0.05, 0) is 87.0 Å². The van der Waals surface area contributed by atoms with Gasteiger partial charge in [-0.2, -0.15) is 0 Å². The number of pyridine rings is 1. The van der Waals surface area contributed by atoms with E-state index in [1.54, 1.807) is 45.2 Å². The Morgan fingerprint density at radius 2 is 1.60 bits per heavy atom. The predicted molar refractivity (Wildman–Crippen MR) is 174 cm³/mol. The van der Waals surface area contributed by atoms with Gasteiger partial charge < -0.3 is 25.1 Å². The van der Waals surface area contributed by atoms with Gasteiger partial charge >= 0.3 is 6.09 Å². The van der Waals surface area contributed by atoms with E-state index in [0.717, 1.165) is 44.6 Å². The van der Waals surface area contributed by atoms with Crippen LogP contribution in [0.5, 0.6) is 0 Å². The molecule has 6 rings (SSSR count). The summed E-state index contributed by atoms with van der Waals surface area (Å²) in [7, 11) is 0. The molecule has 3 N–H and O–H groups in total. The van der Waals surface area contributed by atoms with Crippen LogP contribution in [0, 0.1) is 5.82 Å². The van der Waals surface area contributed by atoms with Gasteiger partial charge in [0.25, 0.3) is 5.91 Å². The number of ether oxygens (including phenoxy) is 1. The van der Waals surface area contributed by atoms with E-state index in [4.69, 9.17) is 9.15 Å². The molecule has 0 radical (unpaired) electrons. The molecule has 6 aromatic rings. The second kappa shape index (κ2) is 12.1. The number of amides is 2. The zero-order chi connectivity index (χ0) is 31.6. The normalized spacial score (nSPS) is 11.4. The molecule has 2 heterocycles. The fourth-order valence-corrected chi connectivity index (χ4v) is 4.95. The van der Waals surface area contributed by atoms with Gasteiger partial charge in [0.05, 0.1) is 11.3 Å². The zero-order valence-electron chi connectivity index (χ0n) is 25.0. The van der Waals surface area contributed by atoms with Crippen LogP contribution in [0.15, 0.2) is 108 Å². The molecule has 0 aliphatic rings. The smallest absolute Gasteiger partial charge is 0.407 e. The number of benzene rings is 4. The highest BCUT2D eigenvalue weighted by atomic mass is 19.1. The first-order valence-corrected chi connectivity index (χ1v) is 14.4. The maximum Gasteiger partial charge on any atom is 0.407 e. The van der Waals surface area contributed by atoms with E-state index in [1.165, 1.54) is 12.1 Å². The number of rotatable bonds is 7. The van der Waals surface area contributed by atoms with Gasteiger partial charge in [0.1, 0.15) is 22.6 Å². The third-order valence-electron chi connectivity index (χ3n) is 6.99. The molecule has 0 bridgehead atoms. The van der Waals surface area contributed by atoms with Crippen LogP contribution in [-0.2, 0) is 11.3 Å². The number of hydrogen-bond acceptors (Lipinski definition) is 6. The van der Waals surface area contributed by atoms with Crippen LogP contribution in [0.25, 0.3) is 33.2 Å². The largest absolute Gasteiger partial charge is 0.455 e. The Labute approximate surface area is 259 Å². The number of nitrogens with one attached hydrogen (secondary N) is 3. The standard InChI is InChI=1S/C36H31FN4O4/c1-36(2,3)45-35(43)39-21-22-11-16-28(30(37)19-22)34(42)41-24-14-12-23(13-15-24)40-25-17-18-38-31(20-25)29-9-6-8-27-26-7-4-5-10-32(26)44-33(27)29/h4-20H,21H2,1-3H3,(H,38,40)(H,39,43)(H,41,42). The van der Waals surface area contributed by atoms with E-state index in [2.05, 4.69) is 20.9 Å². The van der Waals surface area contributed by atoms with Crippen LogP contribution >= 0.6 is 0 Å². The summed E-state index contributed by atoms with van der Waals surface area (Å²) >= 11 is 0. The molecule has 2 amide bonds. The average molecular weight is 603 g/mol. The molecule has 8 nitrogen and oxygen atoms in total. The monoisotopic (exact) mass is 602 g/mol. The lowest BCUT2D eigenvalue weighted by Crippen LogP contribution is -2.32. The van der Waals surface area contributed by atoms with Crippen LogP contribution in [0.4, 0.5) is 26.2 Å². The van der Waals surface area contributed by atoms with Crippen LogP contribution < -0.4 is 16.0 Å². The number of aromatic nitrogens is 1. The Hall–Kier alpha value is -5.70. The third-order valence-corrected chi connectivity index (χ3v) is 6.99. The number of fused-ring (bicyclic) bond motifs is 3. The van der Waals surface area contributed by atoms with E-state index < -0.39 is 23.4 Å². The number of alkyl carbamates (subject to hydrolysis) is 1. The van der Waals surface area contributed by atoms with Crippen molar-refractivity contribution in [3.05, 3.63) is 120 Å². The number of nitrogens with zero attached hydrogens (tertiary/aromatic N) is 1. The fraction of sp³-hybridized carbons (Fsp3) is 0.139. The Morgan fingerprint density at radius 1 is 0.844 bits per heavy atom. The van der Waals surface area contributed by atoms with Gasteiger partial charge in [0, 0.05) is 46.1 Å². The van der Waals surface area contributed by atoms with Gasteiger partial charge in [0.15, 0.2) is 0 Å². The minimum Gasteiger partial charge on any atom is -0.455 e. The van der Waals surface area contributed by atoms with E-state index in [0.29, 0.717) is 11.3 Å². The minimum absolute atomic E-state index is 0.0662. The summed E-state index contributed by atoms with van der Waals surface area (Å²) in [5.41, 5.74) is 5.15. The van der Waals surface area contributed by atoms with Crippen molar-refractivity contribution in [1.29, 1.82) is 0 Å². The maximum absolute atomic E-state index is 14.8. The summed E-state index contributed by atoms with van der Waals surface area (Å²) in [5.74, 6) is -1.28. The molecule has 0 saturated carbocycles. The lowest BCUT2D eigenvalue weighted by atomic mass is 10.1. The molecule has 0 aliphatic carbocycles. The number of carbonyl (C=O) groups is 2. The van der Waals surface area contributed by atoms with E-state index >= 15 is 0 Å². The molecular formula is C36H31FN4O4. The molecule has 226 valence electrons. The highest BCUT2D eigenvalue weighted by Gasteiger charge is 2.17. The highest BCUT2D eigenvalue weighted by Crippen LogP contribution is 2.35. The lowest BCUT2D eigenvalue weighted by Gasteiger charge is -2.19. The van der Waals surface area contributed by atoms with Crippen molar-refractivity contribution in [2.24, 2.45) is 0 Å². The molecule has 0 unspecified atom stereocenters. The first kappa shape index (κ1) is 29.4. The van der Waals surface area contributed by atoms with Crippen LogP contribution in [0.2, 0.25) is 0 Å². The van der Waals surface area contributed by atoms with Crippen molar-refractivity contribution < 1.29 is 23.1 Å². The van der Waals surface area contributed by atoms with Crippen molar-refractivity contribution >= 4 is 51.0 Å². The van der Waals surface area contributed by atoms with E-state index in [9.17, 15) is 14.0 Å². The Bertz CT molecular complexity index is 2030. The van der Waals surface area contributed by atoms with Gasteiger partial charge in [-0.15, -0.1) is 0 Å². The number of halogens is 1. The summed E-state index contributed by atoms with van der Waals surface area (Å²) in [6.45, 7) is 5.33. The highest BCUT2D eigenvalue weighted by molar-refractivity contribution is 6.09. The second-order valence-corrected chi connectivity index (χ2v) is 11.5. The molecule has 0 atom stereocenters. The van der Waals surface area contributed by atoms with Crippen molar-refractivity contribution in [3.8, 4) is 11.3 Å². The number of hydrogen-bond donors (Lipinski definition) is 3. The summed E-state index contributed by atoms with van der Waals surface area (Å²) in [5, 5.41) is 10.8. The number of anilines is 3. The van der Waals surface area contributed by atoms with Crippen molar-refractivity contribution in [2.45, 2.75) is 32.9 Å². The third kappa shape index (κ3) is 6.78. The predicted octanol–water partition coefficient (Wildman–Crippen LogP) is 8.81.